The molecular weight excluding hydrogens is 218 g/mol. The van der Waals surface area contributed by atoms with Crippen molar-refractivity contribution >= 4 is 11.8 Å². The fourth-order valence-corrected chi connectivity index (χ4v) is 1.32. The van der Waals surface area contributed by atoms with E-state index in [1.165, 1.54) is 6.07 Å². The summed E-state index contributed by atoms with van der Waals surface area (Å²) in [4.78, 5) is 15.5. The zero-order valence-corrected chi connectivity index (χ0v) is 10.9. The minimum absolute atomic E-state index is 0.186. The summed E-state index contributed by atoms with van der Waals surface area (Å²) in [5, 5.41) is 10.8. The van der Waals surface area contributed by atoms with Crippen LogP contribution in [0, 0.1) is 0 Å². The first-order valence-corrected chi connectivity index (χ1v) is 5.40. The van der Waals surface area contributed by atoms with Gasteiger partial charge in [-0.3, -0.25) is 0 Å². The lowest BCUT2D eigenvalue weighted by Gasteiger charge is -2.21. The maximum Gasteiger partial charge on any atom is 0.335 e. The number of hydrogen-bond donors (Lipinski definition) is 2. The first-order valence-electron chi connectivity index (χ1n) is 5.40. The molecule has 0 spiro atoms. The quantitative estimate of drug-likeness (QED) is 0.787. The summed E-state index contributed by atoms with van der Waals surface area (Å²) >= 11 is 0. The number of aromatic nitrogens is 1. The lowest BCUT2D eigenvalue weighted by Crippen LogP contribution is -2.23. The third-order valence-corrected chi connectivity index (χ3v) is 2.18. The number of carbonyl (C=O) groups is 1. The van der Waals surface area contributed by atoms with Crippen LogP contribution in [0.1, 0.15) is 36.8 Å². The molecule has 0 atom stereocenters. The summed E-state index contributed by atoms with van der Waals surface area (Å²) < 4.78 is 0. The Morgan fingerprint density at radius 1 is 1.35 bits per heavy atom. The van der Waals surface area contributed by atoms with E-state index >= 15 is 0 Å². The monoisotopic (exact) mass is 237 g/mol. The van der Waals surface area contributed by atoms with Gasteiger partial charge in [-0.25, -0.2) is 14.8 Å². The van der Waals surface area contributed by atoms with Gasteiger partial charge < -0.3 is 10.5 Å². The second kappa shape index (κ2) is 4.71. The van der Waals surface area contributed by atoms with Crippen LogP contribution in [0.3, 0.4) is 0 Å². The zero-order valence-electron chi connectivity index (χ0n) is 10.9. The Morgan fingerprint density at radius 2 is 1.94 bits per heavy atom. The van der Waals surface area contributed by atoms with Crippen LogP contribution in [-0.2, 0) is 5.41 Å². The molecule has 0 aliphatic rings. The van der Waals surface area contributed by atoms with E-state index < -0.39 is 5.97 Å². The van der Waals surface area contributed by atoms with E-state index in [2.05, 4.69) is 10.4 Å². The normalized spacial score (nSPS) is 11.6. The van der Waals surface area contributed by atoms with Crippen LogP contribution in [0.5, 0.6) is 0 Å². The molecule has 0 aliphatic carbocycles. The van der Waals surface area contributed by atoms with Crippen molar-refractivity contribution in [3.8, 4) is 0 Å². The highest BCUT2D eigenvalue weighted by Gasteiger charge is 2.19. The third kappa shape index (κ3) is 3.71. The molecule has 0 bridgehead atoms. The highest BCUT2D eigenvalue weighted by molar-refractivity contribution is 5.88. The van der Waals surface area contributed by atoms with Crippen LogP contribution in [0.15, 0.2) is 12.1 Å². The molecule has 1 rings (SSSR count). The lowest BCUT2D eigenvalue weighted by atomic mass is 9.91. The molecule has 0 aliphatic heterocycles. The van der Waals surface area contributed by atoms with Crippen molar-refractivity contribution in [2.75, 3.05) is 19.5 Å². The number of carboxylic acid groups (broad SMARTS) is 1. The summed E-state index contributed by atoms with van der Waals surface area (Å²) in [5.41, 5.74) is 3.78. The van der Waals surface area contributed by atoms with E-state index in [1.807, 2.05) is 34.9 Å². The minimum atomic E-state index is -0.945. The summed E-state index contributed by atoms with van der Waals surface area (Å²) in [7, 11) is 3.65. The van der Waals surface area contributed by atoms with Gasteiger partial charge in [-0.05, 0) is 12.1 Å². The van der Waals surface area contributed by atoms with Crippen molar-refractivity contribution in [2.45, 2.75) is 26.2 Å². The molecule has 0 saturated heterocycles. The van der Waals surface area contributed by atoms with Crippen molar-refractivity contribution in [3.05, 3.63) is 23.4 Å². The standard InChI is InChI=1S/C12H19N3O2/c1-12(2,3)9-6-8(11(16)17)7-10(13-9)14-15(4)5/h6-7H,1-5H3,(H,13,14)(H,16,17). The number of aromatic carboxylic acids is 1. The van der Waals surface area contributed by atoms with E-state index in [9.17, 15) is 4.79 Å². The largest absolute Gasteiger partial charge is 0.478 e. The molecule has 17 heavy (non-hydrogen) atoms. The smallest absolute Gasteiger partial charge is 0.335 e. The maximum absolute atomic E-state index is 11.0. The molecule has 94 valence electrons. The first kappa shape index (κ1) is 13.4. The number of rotatable bonds is 3. The fraction of sp³-hybridized carbons (Fsp3) is 0.500. The molecule has 0 unspecified atom stereocenters. The Kier molecular flexibility index (Phi) is 3.72. The predicted molar refractivity (Wildman–Crippen MR) is 67.2 cm³/mol. The summed E-state index contributed by atoms with van der Waals surface area (Å²) in [6.45, 7) is 6.00. The van der Waals surface area contributed by atoms with Crippen LogP contribution in [-0.4, -0.2) is 35.2 Å². The summed E-state index contributed by atoms with van der Waals surface area (Å²) in [6.07, 6.45) is 0. The van der Waals surface area contributed by atoms with Gasteiger partial charge in [0.15, 0.2) is 0 Å². The van der Waals surface area contributed by atoms with Crippen molar-refractivity contribution in [2.24, 2.45) is 0 Å². The minimum Gasteiger partial charge on any atom is -0.478 e. The Morgan fingerprint density at radius 3 is 2.35 bits per heavy atom. The van der Waals surface area contributed by atoms with Crippen molar-refractivity contribution in [1.29, 1.82) is 0 Å². The van der Waals surface area contributed by atoms with Gasteiger partial charge in [0.2, 0.25) is 0 Å². The number of nitrogens with zero attached hydrogens (tertiary/aromatic N) is 2. The van der Waals surface area contributed by atoms with Gasteiger partial charge in [0.1, 0.15) is 5.82 Å². The third-order valence-electron chi connectivity index (χ3n) is 2.18. The van der Waals surface area contributed by atoms with E-state index in [4.69, 9.17) is 5.11 Å². The number of anilines is 1. The van der Waals surface area contributed by atoms with Gasteiger partial charge in [-0.15, -0.1) is 0 Å². The summed E-state index contributed by atoms with van der Waals surface area (Å²) in [5.74, 6) is -0.403. The zero-order chi connectivity index (χ0) is 13.2. The molecule has 0 saturated carbocycles. The van der Waals surface area contributed by atoms with E-state index in [-0.39, 0.29) is 11.0 Å². The Balaban J connectivity index is 3.24. The molecule has 0 fully saturated rings. The van der Waals surface area contributed by atoms with Crippen LogP contribution < -0.4 is 5.43 Å². The summed E-state index contributed by atoms with van der Waals surface area (Å²) in [6, 6.07) is 3.14. The fourth-order valence-electron chi connectivity index (χ4n) is 1.32. The van der Waals surface area contributed by atoms with Gasteiger partial charge in [0.25, 0.3) is 0 Å². The van der Waals surface area contributed by atoms with Crippen LogP contribution in [0.4, 0.5) is 5.82 Å². The van der Waals surface area contributed by atoms with Crippen molar-refractivity contribution < 1.29 is 9.90 Å². The molecule has 5 nitrogen and oxygen atoms in total. The van der Waals surface area contributed by atoms with E-state index in [0.717, 1.165) is 5.69 Å². The Hall–Kier alpha value is -1.62. The van der Waals surface area contributed by atoms with Gasteiger partial charge in [-0.2, -0.15) is 0 Å². The molecule has 0 radical (unpaired) electrons. The maximum atomic E-state index is 11.0. The second-order valence-electron chi connectivity index (χ2n) is 5.19. The second-order valence-corrected chi connectivity index (χ2v) is 5.19. The number of hydrazine groups is 1. The van der Waals surface area contributed by atoms with Gasteiger partial charge in [0.05, 0.1) is 5.56 Å². The molecular formula is C12H19N3O2. The number of nitrogens with one attached hydrogen (secondary N) is 1. The van der Waals surface area contributed by atoms with Crippen molar-refractivity contribution in [1.82, 2.24) is 9.99 Å². The van der Waals surface area contributed by atoms with Crippen LogP contribution in [0.2, 0.25) is 0 Å². The van der Waals surface area contributed by atoms with Crippen LogP contribution >= 0.6 is 0 Å². The highest BCUT2D eigenvalue weighted by atomic mass is 16.4. The highest BCUT2D eigenvalue weighted by Crippen LogP contribution is 2.23. The Labute approximate surface area is 101 Å². The molecule has 2 N–H and O–H groups in total. The van der Waals surface area contributed by atoms with E-state index in [1.54, 1.807) is 11.1 Å². The lowest BCUT2D eigenvalue weighted by molar-refractivity contribution is 0.0696. The number of pyridine rings is 1. The molecule has 1 aromatic heterocycles. The van der Waals surface area contributed by atoms with Crippen LogP contribution in [0.25, 0.3) is 0 Å². The molecule has 1 aromatic rings. The van der Waals surface area contributed by atoms with Gasteiger partial charge in [0, 0.05) is 25.2 Å². The number of carboxylic acids is 1. The van der Waals surface area contributed by atoms with E-state index in [0.29, 0.717) is 5.82 Å². The van der Waals surface area contributed by atoms with Gasteiger partial charge in [-0.1, -0.05) is 20.8 Å². The first-order chi connectivity index (χ1) is 7.70. The molecule has 1 heterocycles. The average Bonchev–Trinajstić information content (AvgIpc) is 2.14. The van der Waals surface area contributed by atoms with Crippen molar-refractivity contribution in [3.63, 3.8) is 0 Å². The number of hydrogen-bond acceptors (Lipinski definition) is 4. The molecule has 0 amide bonds. The Bertz CT molecular complexity index is 422. The topological polar surface area (TPSA) is 65.5 Å². The predicted octanol–water partition coefficient (Wildman–Crippen LogP) is 1.97. The average molecular weight is 237 g/mol. The molecule has 5 heteroatoms. The SMILES string of the molecule is CN(C)Nc1cc(C(=O)O)cc(C(C)(C)C)n1. The van der Waals surface area contributed by atoms with Gasteiger partial charge >= 0.3 is 5.97 Å². The molecule has 0 aromatic carbocycles.